The summed E-state index contributed by atoms with van der Waals surface area (Å²) in [5.74, 6) is 0.285. The molecule has 0 aromatic carbocycles. The Morgan fingerprint density at radius 3 is 2.96 bits per heavy atom. The minimum Gasteiger partial charge on any atom is -0.360 e. The van der Waals surface area contributed by atoms with Gasteiger partial charge in [-0.25, -0.2) is 0 Å². The summed E-state index contributed by atoms with van der Waals surface area (Å²) in [5.41, 5.74) is 0.999. The number of rotatable bonds is 5. The molecular formula is C18H23N5O3. The largest absolute Gasteiger partial charge is 0.360 e. The lowest BCUT2D eigenvalue weighted by Gasteiger charge is -2.34. The van der Waals surface area contributed by atoms with Crippen LogP contribution in [0.1, 0.15) is 41.7 Å². The van der Waals surface area contributed by atoms with Gasteiger partial charge in [-0.05, 0) is 12.1 Å². The molecule has 8 nitrogen and oxygen atoms in total. The third-order valence-corrected chi connectivity index (χ3v) is 4.29. The number of hydrogen-bond acceptors (Lipinski definition) is 6. The van der Waals surface area contributed by atoms with E-state index in [1.165, 1.54) is 0 Å². The standard InChI is InChI=1S/C18H23N5O3/c1-12(2)16-9-14(22-26-16)18(25)23-8-7-19-11-15(23)17(24)21-10-13-5-3-4-6-20-13/h3-6,9,12,15,19H,7-8,10-11H2,1-2H3,(H,21,24)/t15-/m0/s1. The molecule has 8 heteroatoms. The Morgan fingerprint density at radius 2 is 2.27 bits per heavy atom. The van der Waals surface area contributed by atoms with Gasteiger partial charge < -0.3 is 20.1 Å². The van der Waals surface area contributed by atoms with Crippen molar-refractivity contribution in [3.8, 4) is 0 Å². The van der Waals surface area contributed by atoms with Crippen LogP contribution in [0.15, 0.2) is 35.0 Å². The normalized spacial score (nSPS) is 17.3. The number of amides is 2. The van der Waals surface area contributed by atoms with Crippen LogP contribution in [0.3, 0.4) is 0 Å². The molecule has 2 amide bonds. The molecule has 0 unspecified atom stereocenters. The van der Waals surface area contributed by atoms with E-state index in [-0.39, 0.29) is 23.4 Å². The Morgan fingerprint density at radius 1 is 1.42 bits per heavy atom. The zero-order valence-electron chi connectivity index (χ0n) is 14.9. The van der Waals surface area contributed by atoms with Crippen LogP contribution in [0.2, 0.25) is 0 Å². The quantitative estimate of drug-likeness (QED) is 0.825. The fraction of sp³-hybridized carbons (Fsp3) is 0.444. The number of pyridine rings is 1. The van der Waals surface area contributed by atoms with E-state index in [1.54, 1.807) is 17.2 Å². The van der Waals surface area contributed by atoms with E-state index < -0.39 is 6.04 Å². The average molecular weight is 357 g/mol. The van der Waals surface area contributed by atoms with Crippen LogP contribution >= 0.6 is 0 Å². The predicted molar refractivity (Wildman–Crippen MR) is 94.4 cm³/mol. The molecule has 1 fully saturated rings. The summed E-state index contributed by atoms with van der Waals surface area (Å²) in [5, 5.41) is 9.88. The lowest BCUT2D eigenvalue weighted by molar-refractivity contribution is -0.126. The van der Waals surface area contributed by atoms with Gasteiger partial charge in [-0.3, -0.25) is 14.6 Å². The van der Waals surface area contributed by atoms with E-state index in [9.17, 15) is 9.59 Å². The molecule has 1 aliphatic heterocycles. The number of hydrogen-bond donors (Lipinski definition) is 2. The SMILES string of the molecule is CC(C)c1cc(C(=O)N2CCNC[C@H]2C(=O)NCc2ccccn2)no1. The summed E-state index contributed by atoms with van der Waals surface area (Å²) in [6, 6.07) is 6.58. The molecule has 0 saturated carbocycles. The summed E-state index contributed by atoms with van der Waals surface area (Å²) in [7, 11) is 0. The Balaban J connectivity index is 1.68. The predicted octanol–water partition coefficient (Wildman–Crippen LogP) is 0.923. The van der Waals surface area contributed by atoms with Crippen molar-refractivity contribution in [2.75, 3.05) is 19.6 Å². The van der Waals surface area contributed by atoms with Gasteiger partial charge in [-0.1, -0.05) is 25.1 Å². The van der Waals surface area contributed by atoms with Crippen molar-refractivity contribution in [2.45, 2.75) is 32.4 Å². The van der Waals surface area contributed by atoms with Gasteiger partial charge in [-0.15, -0.1) is 0 Å². The van der Waals surface area contributed by atoms with E-state index >= 15 is 0 Å². The molecule has 3 rings (SSSR count). The van der Waals surface area contributed by atoms with Crippen molar-refractivity contribution >= 4 is 11.8 Å². The van der Waals surface area contributed by atoms with E-state index in [0.29, 0.717) is 31.9 Å². The Kier molecular flexibility index (Phi) is 5.62. The first-order chi connectivity index (χ1) is 12.6. The molecule has 0 aliphatic carbocycles. The maximum absolute atomic E-state index is 12.8. The molecular weight excluding hydrogens is 334 g/mol. The highest BCUT2D eigenvalue weighted by molar-refractivity contribution is 5.96. The zero-order valence-corrected chi connectivity index (χ0v) is 14.9. The summed E-state index contributed by atoms with van der Waals surface area (Å²) in [4.78, 5) is 31.2. The molecule has 3 heterocycles. The van der Waals surface area contributed by atoms with E-state index in [2.05, 4.69) is 20.8 Å². The van der Waals surface area contributed by atoms with Crippen molar-refractivity contribution in [2.24, 2.45) is 0 Å². The van der Waals surface area contributed by atoms with Gasteiger partial charge in [0.05, 0.1) is 12.2 Å². The van der Waals surface area contributed by atoms with Crippen molar-refractivity contribution < 1.29 is 14.1 Å². The number of nitrogens with one attached hydrogen (secondary N) is 2. The second-order valence-corrected chi connectivity index (χ2v) is 6.53. The first-order valence-electron chi connectivity index (χ1n) is 8.72. The van der Waals surface area contributed by atoms with Gasteiger partial charge in [0.25, 0.3) is 5.91 Å². The second kappa shape index (κ2) is 8.09. The number of nitrogens with zero attached hydrogens (tertiary/aromatic N) is 3. The molecule has 1 saturated heterocycles. The van der Waals surface area contributed by atoms with Gasteiger partial charge in [0.1, 0.15) is 11.8 Å². The van der Waals surface area contributed by atoms with Gasteiger partial charge >= 0.3 is 0 Å². The number of carbonyl (C=O) groups excluding carboxylic acids is 2. The van der Waals surface area contributed by atoms with E-state index in [1.807, 2.05) is 32.0 Å². The van der Waals surface area contributed by atoms with Crippen LogP contribution in [0.5, 0.6) is 0 Å². The summed E-state index contributed by atoms with van der Waals surface area (Å²) >= 11 is 0. The topological polar surface area (TPSA) is 100 Å². The lowest BCUT2D eigenvalue weighted by Crippen LogP contribution is -2.59. The lowest BCUT2D eigenvalue weighted by atomic mass is 10.1. The number of carbonyl (C=O) groups is 2. The Bertz CT molecular complexity index is 759. The summed E-state index contributed by atoms with van der Waals surface area (Å²) in [6.07, 6.45) is 1.68. The van der Waals surface area contributed by atoms with Gasteiger partial charge in [0.2, 0.25) is 5.91 Å². The van der Waals surface area contributed by atoms with Gasteiger partial charge in [-0.2, -0.15) is 0 Å². The van der Waals surface area contributed by atoms with E-state index in [4.69, 9.17) is 4.52 Å². The summed E-state index contributed by atoms with van der Waals surface area (Å²) < 4.78 is 5.22. The highest BCUT2D eigenvalue weighted by Crippen LogP contribution is 2.17. The van der Waals surface area contributed by atoms with Gasteiger partial charge in [0, 0.05) is 37.8 Å². The third-order valence-electron chi connectivity index (χ3n) is 4.29. The van der Waals surface area contributed by atoms with Gasteiger partial charge in [0.15, 0.2) is 5.69 Å². The minimum absolute atomic E-state index is 0.143. The van der Waals surface area contributed by atoms with Crippen molar-refractivity contribution in [1.29, 1.82) is 0 Å². The van der Waals surface area contributed by atoms with Crippen LogP contribution in [-0.4, -0.2) is 52.5 Å². The fourth-order valence-electron chi connectivity index (χ4n) is 2.79. The minimum atomic E-state index is -0.598. The molecule has 0 bridgehead atoms. The second-order valence-electron chi connectivity index (χ2n) is 6.53. The van der Waals surface area contributed by atoms with Crippen LogP contribution in [-0.2, 0) is 11.3 Å². The summed E-state index contributed by atoms with van der Waals surface area (Å²) in [6.45, 7) is 5.71. The van der Waals surface area contributed by atoms with Crippen LogP contribution in [0.25, 0.3) is 0 Å². The van der Waals surface area contributed by atoms with Crippen molar-refractivity contribution in [3.63, 3.8) is 0 Å². The number of aromatic nitrogens is 2. The zero-order chi connectivity index (χ0) is 18.5. The Labute approximate surface area is 151 Å². The van der Waals surface area contributed by atoms with Crippen LogP contribution in [0, 0.1) is 0 Å². The third kappa shape index (κ3) is 4.08. The molecule has 1 atom stereocenters. The van der Waals surface area contributed by atoms with Crippen LogP contribution < -0.4 is 10.6 Å². The molecule has 0 spiro atoms. The molecule has 26 heavy (non-hydrogen) atoms. The molecule has 0 radical (unpaired) electrons. The molecule has 1 aliphatic rings. The highest BCUT2D eigenvalue weighted by Gasteiger charge is 2.34. The Hall–Kier alpha value is -2.74. The average Bonchev–Trinajstić information content (AvgIpc) is 3.17. The number of piperazine rings is 1. The highest BCUT2D eigenvalue weighted by atomic mass is 16.5. The molecule has 138 valence electrons. The maximum atomic E-state index is 12.8. The molecule has 2 N–H and O–H groups in total. The smallest absolute Gasteiger partial charge is 0.276 e. The maximum Gasteiger partial charge on any atom is 0.276 e. The van der Waals surface area contributed by atoms with Crippen molar-refractivity contribution in [1.82, 2.24) is 25.7 Å². The van der Waals surface area contributed by atoms with Crippen molar-refractivity contribution in [3.05, 3.63) is 47.6 Å². The first kappa shape index (κ1) is 18.1. The molecule has 2 aromatic rings. The van der Waals surface area contributed by atoms with Crippen LogP contribution in [0.4, 0.5) is 0 Å². The molecule has 2 aromatic heterocycles. The first-order valence-corrected chi connectivity index (χ1v) is 8.72. The fourth-order valence-corrected chi connectivity index (χ4v) is 2.79. The van der Waals surface area contributed by atoms with E-state index in [0.717, 1.165) is 5.69 Å². The monoisotopic (exact) mass is 357 g/mol.